The molecular formula is C27H24F2N2O3S. The maximum atomic E-state index is 13.8. The molecule has 0 aliphatic carbocycles. The first-order valence-corrected chi connectivity index (χ1v) is 12.2. The molecule has 0 spiro atoms. The molecule has 0 atom stereocenters. The second kappa shape index (κ2) is 9.62. The van der Waals surface area contributed by atoms with Gasteiger partial charge < -0.3 is 9.47 Å². The highest BCUT2D eigenvalue weighted by Crippen LogP contribution is 2.37. The SMILES string of the molecule is COc1cc(/C=C2\CCCCn3c2nc2sc(C)c(-c4ccccc4)c2c3=O)ccc1OC(F)F. The van der Waals surface area contributed by atoms with Crippen molar-refractivity contribution in [2.75, 3.05) is 7.11 Å². The molecule has 0 saturated heterocycles. The number of thiophene rings is 1. The van der Waals surface area contributed by atoms with Crippen LogP contribution in [0.5, 0.6) is 11.5 Å². The molecule has 180 valence electrons. The molecule has 0 N–H and O–H groups in total. The average molecular weight is 495 g/mol. The molecule has 3 heterocycles. The van der Waals surface area contributed by atoms with Crippen molar-refractivity contribution in [2.24, 2.45) is 0 Å². The average Bonchev–Trinajstić information content (AvgIpc) is 3.05. The van der Waals surface area contributed by atoms with Crippen LogP contribution in [0.3, 0.4) is 0 Å². The van der Waals surface area contributed by atoms with Crippen molar-refractivity contribution in [2.45, 2.75) is 39.3 Å². The van der Waals surface area contributed by atoms with E-state index >= 15 is 0 Å². The lowest BCUT2D eigenvalue weighted by Gasteiger charge is -2.13. The second-order valence-electron chi connectivity index (χ2n) is 8.39. The zero-order chi connectivity index (χ0) is 24.5. The number of rotatable bonds is 5. The summed E-state index contributed by atoms with van der Waals surface area (Å²) in [6.45, 7) is -0.312. The van der Waals surface area contributed by atoms with Gasteiger partial charge in [0, 0.05) is 17.0 Å². The number of aryl methyl sites for hydroxylation is 1. The molecule has 2 aromatic carbocycles. The van der Waals surface area contributed by atoms with E-state index in [9.17, 15) is 13.6 Å². The number of fused-ring (bicyclic) bond motifs is 2. The molecule has 2 aromatic heterocycles. The summed E-state index contributed by atoms with van der Waals surface area (Å²) in [6.07, 6.45) is 4.48. The number of ether oxygens (including phenoxy) is 2. The number of methoxy groups -OCH3 is 1. The minimum absolute atomic E-state index is 0.0236. The molecule has 0 saturated carbocycles. The van der Waals surface area contributed by atoms with Crippen LogP contribution in [0.15, 0.2) is 53.3 Å². The molecule has 4 aromatic rings. The summed E-state index contributed by atoms with van der Waals surface area (Å²) in [4.78, 5) is 20.5. The Balaban J connectivity index is 1.65. The number of aromatic nitrogens is 2. The lowest BCUT2D eigenvalue weighted by atomic mass is 10.0. The van der Waals surface area contributed by atoms with Gasteiger partial charge in [0.2, 0.25) is 0 Å². The number of allylic oxidation sites excluding steroid dienone is 1. The van der Waals surface area contributed by atoms with Gasteiger partial charge in [-0.3, -0.25) is 9.36 Å². The van der Waals surface area contributed by atoms with E-state index < -0.39 is 6.61 Å². The molecule has 0 unspecified atom stereocenters. The normalized spacial score (nSPS) is 14.8. The fourth-order valence-corrected chi connectivity index (χ4v) is 5.64. The van der Waals surface area contributed by atoms with Crippen molar-refractivity contribution in [1.82, 2.24) is 9.55 Å². The minimum atomic E-state index is -2.93. The molecular weight excluding hydrogens is 470 g/mol. The largest absolute Gasteiger partial charge is 0.493 e. The highest BCUT2D eigenvalue weighted by molar-refractivity contribution is 7.19. The molecule has 8 heteroatoms. The van der Waals surface area contributed by atoms with Crippen LogP contribution in [0.4, 0.5) is 8.78 Å². The lowest BCUT2D eigenvalue weighted by Crippen LogP contribution is -2.24. The van der Waals surface area contributed by atoms with Gasteiger partial charge in [-0.1, -0.05) is 36.4 Å². The molecule has 1 aliphatic rings. The third-order valence-corrected chi connectivity index (χ3v) is 7.16. The Labute approximate surface area is 205 Å². The first kappa shape index (κ1) is 23.2. The van der Waals surface area contributed by atoms with E-state index in [4.69, 9.17) is 9.72 Å². The number of alkyl halides is 2. The zero-order valence-corrected chi connectivity index (χ0v) is 20.2. The number of halogens is 2. The van der Waals surface area contributed by atoms with Crippen molar-refractivity contribution in [3.63, 3.8) is 0 Å². The van der Waals surface area contributed by atoms with Crippen LogP contribution in [-0.4, -0.2) is 23.3 Å². The van der Waals surface area contributed by atoms with Crippen molar-refractivity contribution in [1.29, 1.82) is 0 Å². The second-order valence-corrected chi connectivity index (χ2v) is 9.59. The highest BCUT2D eigenvalue weighted by Gasteiger charge is 2.23. The summed E-state index contributed by atoms with van der Waals surface area (Å²) in [7, 11) is 1.41. The summed E-state index contributed by atoms with van der Waals surface area (Å²) >= 11 is 1.53. The first-order chi connectivity index (χ1) is 17.0. The van der Waals surface area contributed by atoms with Gasteiger partial charge in [0.1, 0.15) is 10.7 Å². The van der Waals surface area contributed by atoms with E-state index in [-0.39, 0.29) is 17.1 Å². The summed E-state index contributed by atoms with van der Waals surface area (Å²) in [5, 5.41) is 0.666. The summed E-state index contributed by atoms with van der Waals surface area (Å²) in [6, 6.07) is 14.8. The van der Waals surface area contributed by atoms with Gasteiger partial charge in [0.05, 0.1) is 12.5 Å². The summed E-state index contributed by atoms with van der Waals surface area (Å²) < 4.78 is 37.0. The van der Waals surface area contributed by atoms with Crippen LogP contribution in [0.1, 0.15) is 35.5 Å². The summed E-state index contributed by atoms with van der Waals surface area (Å²) in [5.74, 6) is 0.854. The van der Waals surface area contributed by atoms with E-state index in [1.807, 2.05) is 43.3 Å². The van der Waals surface area contributed by atoms with E-state index in [0.717, 1.165) is 51.2 Å². The molecule has 35 heavy (non-hydrogen) atoms. The molecule has 0 amide bonds. The van der Waals surface area contributed by atoms with E-state index in [2.05, 4.69) is 4.74 Å². The van der Waals surface area contributed by atoms with Gasteiger partial charge in [-0.2, -0.15) is 8.78 Å². The fourth-order valence-electron chi connectivity index (χ4n) is 4.60. The third kappa shape index (κ3) is 4.46. The van der Waals surface area contributed by atoms with Gasteiger partial charge >= 0.3 is 6.61 Å². The molecule has 0 fully saturated rings. The Hall–Kier alpha value is -3.52. The van der Waals surface area contributed by atoms with E-state index in [1.54, 1.807) is 16.7 Å². The van der Waals surface area contributed by atoms with Crippen molar-refractivity contribution < 1.29 is 18.3 Å². The Kier molecular flexibility index (Phi) is 6.38. The fraction of sp³-hybridized carbons (Fsp3) is 0.259. The molecule has 0 bridgehead atoms. The predicted molar refractivity (Wildman–Crippen MR) is 135 cm³/mol. The third-order valence-electron chi connectivity index (χ3n) is 6.16. The van der Waals surface area contributed by atoms with Crippen LogP contribution < -0.4 is 15.0 Å². The number of hydrogen-bond acceptors (Lipinski definition) is 5. The standard InChI is InChI=1S/C27H24F2N2O3S/c1-16-22(18-8-4-3-5-9-18)23-25(35-16)30-24-19(10-6-7-13-31(24)26(23)32)14-17-11-12-20(34-27(28)29)21(15-17)33-2/h3-5,8-9,11-12,14-15,27H,6-7,10,13H2,1-2H3/b19-14+. The minimum Gasteiger partial charge on any atom is -0.493 e. The monoisotopic (exact) mass is 494 g/mol. The van der Waals surface area contributed by atoms with E-state index in [1.165, 1.54) is 24.5 Å². The van der Waals surface area contributed by atoms with Crippen LogP contribution in [0.2, 0.25) is 0 Å². The van der Waals surface area contributed by atoms with Crippen LogP contribution in [0.25, 0.3) is 33.0 Å². The van der Waals surface area contributed by atoms with Crippen LogP contribution in [-0.2, 0) is 6.54 Å². The zero-order valence-electron chi connectivity index (χ0n) is 19.4. The van der Waals surface area contributed by atoms with Crippen LogP contribution in [0, 0.1) is 6.92 Å². The molecule has 1 aliphatic heterocycles. The van der Waals surface area contributed by atoms with E-state index in [0.29, 0.717) is 17.8 Å². The Bertz CT molecular complexity index is 1480. The number of benzene rings is 2. The molecule has 0 radical (unpaired) electrons. The topological polar surface area (TPSA) is 53.4 Å². The van der Waals surface area contributed by atoms with Gasteiger partial charge in [0.25, 0.3) is 5.56 Å². The Morgan fingerprint density at radius 3 is 2.66 bits per heavy atom. The van der Waals surface area contributed by atoms with Gasteiger partial charge in [-0.25, -0.2) is 4.98 Å². The van der Waals surface area contributed by atoms with Crippen molar-refractivity contribution in [3.05, 3.63) is 75.1 Å². The maximum absolute atomic E-state index is 13.8. The highest BCUT2D eigenvalue weighted by atomic mass is 32.1. The van der Waals surface area contributed by atoms with Crippen LogP contribution >= 0.6 is 11.3 Å². The lowest BCUT2D eigenvalue weighted by molar-refractivity contribution is -0.0512. The predicted octanol–water partition coefficient (Wildman–Crippen LogP) is 6.77. The van der Waals surface area contributed by atoms with Crippen molar-refractivity contribution in [3.8, 4) is 22.6 Å². The Morgan fingerprint density at radius 2 is 1.91 bits per heavy atom. The Morgan fingerprint density at radius 1 is 1.11 bits per heavy atom. The summed E-state index contributed by atoms with van der Waals surface area (Å²) in [5.41, 5.74) is 3.62. The van der Waals surface area contributed by atoms with Gasteiger partial charge in [0.15, 0.2) is 11.5 Å². The van der Waals surface area contributed by atoms with Gasteiger partial charge in [-0.15, -0.1) is 11.3 Å². The first-order valence-electron chi connectivity index (χ1n) is 11.4. The van der Waals surface area contributed by atoms with Crippen molar-refractivity contribution >= 4 is 33.2 Å². The smallest absolute Gasteiger partial charge is 0.387 e. The quantitative estimate of drug-likeness (QED) is 0.307. The molecule has 5 rings (SSSR count). The number of nitrogens with zero attached hydrogens (tertiary/aromatic N) is 2. The maximum Gasteiger partial charge on any atom is 0.387 e. The molecule has 5 nitrogen and oxygen atoms in total. The van der Waals surface area contributed by atoms with Gasteiger partial charge in [-0.05, 0) is 61.1 Å². The number of hydrogen-bond donors (Lipinski definition) is 0.